The predicted octanol–water partition coefficient (Wildman–Crippen LogP) is 1.76. The summed E-state index contributed by atoms with van der Waals surface area (Å²) in [5, 5.41) is 4.43. The second kappa shape index (κ2) is 8.56. The Bertz CT molecular complexity index is 653. The highest BCUT2D eigenvalue weighted by molar-refractivity contribution is 5.73. The summed E-state index contributed by atoms with van der Waals surface area (Å²) in [6, 6.07) is 1.06. The Kier molecular flexibility index (Phi) is 6.70. The SMILES string of the molecule is COC(=O)[C@H](CC(C)C)n1nc(CCN2CC(CF)C2)cc(C)c1=O. The van der Waals surface area contributed by atoms with Gasteiger partial charge in [0.1, 0.15) is 0 Å². The molecule has 0 saturated carbocycles. The molecule has 1 saturated heterocycles. The summed E-state index contributed by atoms with van der Waals surface area (Å²) < 4.78 is 18.7. The second-order valence-electron chi connectivity index (χ2n) is 7.27. The molecule has 1 aromatic rings. The molecule has 7 heteroatoms. The van der Waals surface area contributed by atoms with E-state index in [2.05, 4.69) is 10.00 Å². The van der Waals surface area contributed by atoms with Crippen molar-refractivity contribution in [2.45, 2.75) is 39.7 Å². The van der Waals surface area contributed by atoms with Gasteiger partial charge in [-0.25, -0.2) is 9.48 Å². The normalized spacial score (nSPS) is 16.7. The van der Waals surface area contributed by atoms with E-state index in [1.54, 1.807) is 13.0 Å². The number of likely N-dealkylation sites (tertiary alicyclic amines) is 1. The Labute approximate surface area is 148 Å². The number of methoxy groups -OCH3 is 1. The number of nitrogens with zero attached hydrogens (tertiary/aromatic N) is 3. The van der Waals surface area contributed by atoms with Gasteiger partial charge in [0.2, 0.25) is 0 Å². The van der Waals surface area contributed by atoms with E-state index in [1.807, 2.05) is 13.8 Å². The average molecular weight is 353 g/mol. The number of hydrogen-bond donors (Lipinski definition) is 0. The minimum absolute atomic E-state index is 0.151. The van der Waals surface area contributed by atoms with Crippen LogP contribution >= 0.6 is 0 Å². The largest absolute Gasteiger partial charge is 0.467 e. The molecular formula is C18H28FN3O3. The van der Waals surface area contributed by atoms with Crippen LogP contribution in [0.4, 0.5) is 4.39 Å². The van der Waals surface area contributed by atoms with Crippen LogP contribution in [0.25, 0.3) is 0 Å². The Morgan fingerprint density at radius 1 is 1.44 bits per heavy atom. The number of halogens is 1. The van der Waals surface area contributed by atoms with Crippen molar-refractivity contribution in [3.05, 3.63) is 27.7 Å². The third-order valence-electron chi connectivity index (χ3n) is 4.56. The monoisotopic (exact) mass is 353 g/mol. The lowest BCUT2D eigenvalue weighted by molar-refractivity contribution is -0.145. The van der Waals surface area contributed by atoms with Crippen LogP contribution in [0, 0.1) is 18.8 Å². The maximum Gasteiger partial charge on any atom is 0.330 e. The number of ether oxygens (including phenoxy) is 1. The van der Waals surface area contributed by atoms with E-state index in [-0.39, 0.29) is 24.1 Å². The van der Waals surface area contributed by atoms with E-state index in [0.29, 0.717) is 18.4 Å². The van der Waals surface area contributed by atoms with Gasteiger partial charge in [-0.3, -0.25) is 9.18 Å². The molecule has 2 heterocycles. The molecule has 0 N–H and O–H groups in total. The van der Waals surface area contributed by atoms with Crippen molar-refractivity contribution in [3.63, 3.8) is 0 Å². The van der Waals surface area contributed by atoms with Gasteiger partial charge in [-0.2, -0.15) is 5.10 Å². The van der Waals surface area contributed by atoms with Gasteiger partial charge in [0, 0.05) is 37.5 Å². The number of aromatic nitrogens is 2. The van der Waals surface area contributed by atoms with Crippen LogP contribution in [0.15, 0.2) is 10.9 Å². The summed E-state index contributed by atoms with van der Waals surface area (Å²) in [4.78, 5) is 26.8. The summed E-state index contributed by atoms with van der Waals surface area (Å²) >= 11 is 0. The predicted molar refractivity (Wildman–Crippen MR) is 93.4 cm³/mol. The van der Waals surface area contributed by atoms with Gasteiger partial charge in [0.25, 0.3) is 5.56 Å². The minimum atomic E-state index is -0.712. The molecule has 2 rings (SSSR count). The van der Waals surface area contributed by atoms with Crippen molar-refractivity contribution >= 4 is 5.97 Å². The van der Waals surface area contributed by atoms with Gasteiger partial charge in [0.05, 0.1) is 19.5 Å². The average Bonchev–Trinajstić information content (AvgIpc) is 2.53. The molecule has 0 radical (unpaired) electrons. The topological polar surface area (TPSA) is 64.4 Å². The number of carbonyl (C=O) groups is 1. The van der Waals surface area contributed by atoms with E-state index in [4.69, 9.17) is 4.74 Å². The third kappa shape index (κ3) is 4.87. The van der Waals surface area contributed by atoms with Crippen LogP contribution in [-0.4, -0.2) is 54.1 Å². The highest BCUT2D eigenvalue weighted by atomic mass is 19.1. The summed E-state index contributed by atoms with van der Waals surface area (Å²) in [5.74, 6) is -0.0766. The van der Waals surface area contributed by atoms with Crippen molar-refractivity contribution < 1.29 is 13.9 Å². The van der Waals surface area contributed by atoms with Gasteiger partial charge in [0.15, 0.2) is 6.04 Å². The van der Waals surface area contributed by atoms with Crippen LogP contribution in [0.3, 0.4) is 0 Å². The zero-order valence-corrected chi connectivity index (χ0v) is 15.5. The minimum Gasteiger partial charge on any atom is -0.467 e. The lowest BCUT2D eigenvalue weighted by atomic mass is 10.0. The van der Waals surface area contributed by atoms with Crippen LogP contribution in [0.1, 0.15) is 37.6 Å². The molecule has 0 bridgehead atoms. The molecule has 0 aliphatic carbocycles. The molecule has 0 aromatic carbocycles. The smallest absolute Gasteiger partial charge is 0.330 e. The Morgan fingerprint density at radius 2 is 2.12 bits per heavy atom. The first-order valence-corrected chi connectivity index (χ1v) is 8.81. The van der Waals surface area contributed by atoms with Crippen molar-refractivity contribution in [2.75, 3.05) is 33.4 Å². The quantitative estimate of drug-likeness (QED) is 0.666. The van der Waals surface area contributed by atoms with E-state index < -0.39 is 12.0 Å². The zero-order valence-electron chi connectivity index (χ0n) is 15.5. The Morgan fingerprint density at radius 3 is 2.68 bits per heavy atom. The first-order valence-electron chi connectivity index (χ1n) is 8.81. The van der Waals surface area contributed by atoms with E-state index >= 15 is 0 Å². The number of hydrogen-bond acceptors (Lipinski definition) is 5. The summed E-state index contributed by atoms with van der Waals surface area (Å²) in [5.41, 5.74) is 1.06. The molecule has 0 unspecified atom stereocenters. The zero-order chi connectivity index (χ0) is 18.6. The first kappa shape index (κ1) is 19.6. The van der Waals surface area contributed by atoms with Crippen molar-refractivity contribution in [1.29, 1.82) is 0 Å². The van der Waals surface area contributed by atoms with Gasteiger partial charge >= 0.3 is 5.97 Å². The molecule has 1 fully saturated rings. The fourth-order valence-corrected chi connectivity index (χ4v) is 3.15. The highest BCUT2D eigenvalue weighted by Crippen LogP contribution is 2.18. The first-order chi connectivity index (χ1) is 11.8. The lowest BCUT2D eigenvalue weighted by Gasteiger charge is -2.37. The van der Waals surface area contributed by atoms with Crippen molar-refractivity contribution in [1.82, 2.24) is 14.7 Å². The molecule has 0 spiro atoms. The third-order valence-corrected chi connectivity index (χ3v) is 4.56. The van der Waals surface area contributed by atoms with Gasteiger partial charge in [-0.05, 0) is 25.3 Å². The summed E-state index contributed by atoms with van der Waals surface area (Å²) in [7, 11) is 1.32. The molecule has 1 aromatic heterocycles. The van der Waals surface area contributed by atoms with Gasteiger partial charge in [-0.15, -0.1) is 0 Å². The molecule has 1 aliphatic rings. The molecule has 0 amide bonds. The van der Waals surface area contributed by atoms with Gasteiger partial charge in [-0.1, -0.05) is 13.8 Å². The number of esters is 1. The Balaban J connectivity index is 2.17. The van der Waals surface area contributed by atoms with E-state index in [9.17, 15) is 14.0 Å². The van der Waals surface area contributed by atoms with Crippen LogP contribution in [0.2, 0.25) is 0 Å². The molecule has 6 nitrogen and oxygen atoms in total. The van der Waals surface area contributed by atoms with Crippen LogP contribution in [-0.2, 0) is 16.0 Å². The van der Waals surface area contributed by atoms with Crippen LogP contribution < -0.4 is 5.56 Å². The standard InChI is InChI=1S/C18H28FN3O3/c1-12(2)7-16(18(24)25-4)22-17(23)13(3)8-15(20-22)5-6-21-10-14(9-19)11-21/h8,12,14,16H,5-7,9-11H2,1-4H3/t16-/m0/s1. The van der Waals surface area contributed by atoms with Crippen molar-refractivity contribution in [3.8, 4) is 0 Å². The summed E-state index contributed by atoms with van der Waals surface area (Å²) in [6.45, 7) is 7.76. The van der Waals surface area contributed by atoms with E-state index in [1.165, 1.54) is 11.8 Å². The summed E-state index contributed by atoms with van der Waals surface area (Å²) in [6.07, 6.45) is 1.16. The molecule has 140 valence electrons. The molecular weight excluding hydrogens is 325 g/mol. The van der Waals surface area contributed by atoms with E-state index in [0.717, 1.165) is 25.3 Å². The number of alkyl halides is 1. The van der Waals surface area contributed by atoms with Crippen molar-refractivity contribution in [2.24, 2.45) is 11.8 Å². The van der Waals surface area contributed by atoms with Gasteiger partial charge < -0.3 is 9.64 Å². The lowest BCUT2D eigenvalue weighted by Crippen LogP contribution is -2.48. The number of aryl methyl sites for hydroxylation is 1. The van der Waals surface area contributed by atoms with Crippen LogP contribution in [0.5, 0.6) is 0 Å². The Hall–Kier alpha value is -1.76. The molecule has 1 atom stereocenters. The number of rotatable bonds is 8. The number of carbonyl (C=O) groups excluding carboxylic acids is 1. The fourth-order valence-electron chi connectivity index (χ4n) is 3.15. The maximum atomic E-state index is 12.5. The highest BCUT2D eigenvalue weighted by Gasteiger charge is 2.27. The maximum absolute atomic E-state index is 12.5. The fraction of sp³-hybridized carbons (Fsp3) is 0.722. The molecule has 1 aliphatic heterocycles. The second-order valence-corrected chi connectivity index (χ2v) is 7.27. The molecule has 25 heavy (non-hydrogen) atoms.